The van der Waals surface area contributed by atoms with E-state index in [1.54, 1.807) is 25.3 Å². The van der Waals surface area contributed by atoms with Gasteiger partial charge in [-0.05, 0) is 54.1 Å². The lowest BCUT2D eigenvalue weighted by molar-refractivity contribution is 0.0950. The molecule has 0 unspecified atom stereocenters. The normalized spacial score (nSPS) is 10.7. The van der Waals surface area contributed by atoms with E-state index in [1.807, 2.05) is 24.3 Å². The molecule has 0 saturated carbocycles. The number of phenols is 1. The molecule has 0 atom stereocenters. The minimum atomic E-state index is -0.427. The van der Waals surface area contributed by atoms with E-state index in [4.69, 9.17) is 9.47 Å². The number of rotatable bonds is 6. The molecule has 0 spiro atoms. The first kappa shape index (κ1) is 18.0. The van der Waals surface area contributed by atoms with Crippen LogP contribution in [0.3, 0.4) is 0 Å². The summed E-state index contributed by atoms with van der Waals surface area (Å²) in [5.41, 5.74) is 4.84. The second-order valence-corrected chi connectivity index (χ2v) is 5.53. The molecular weight excluding hydrogens is 348 g/mol. The smallest absolute Gasteiger partial charge is 0.289 e. The molecule has 1 aromatic heterocycles. The molecule has 1 amide bonds. The second kappa shape index (κ2) is 8.05. The molecule has 8 heteroatoms. The molecule has 3 aromatic rings. The molecule has 0 fully saturated rings. The van der Waals surface area contributed by atoms with Crippen LogP contribution >= 0.6 is 0 Å². The van der Waals surface area contributed by atoms with Crippen molar-refractivity contribution in [1.29, 1.82) is 0 Å². The predicted molar refractivity (Wildman–Crippen MR) is 100 cm³/mol. The van der Waals surface area contributed by atoms with Gasteiger partial charge in [-0.3, -0.25) is 9.89 Å². The summed E-state index contributed by atoms with van der Waals surface area (Å²) in [6, 6.07) is 13.7. The molecule has 0 aliphatic carbocycles. The number of nitrogens with zero attached hydrogens (tertiary/aromatic N) is 2. The Balaban J connectivity index is 1.65. The number of amides is 1. The summed E-state index contributed by atoms with van der Waals surface area (Å²) in [5.74, 6) is 0.668. The van der Waals surface area contributed by atoms with Crippen molar-refractivity contribution in [3.63, 3.8) is 0 Å². The second-order valence-electron chi connectivity index (χ2n) is 5.53. The number of hydrogen-bond donors (Lipinski definition) is 3. The standard InChI is InChI=1S/C19H18N4O4/c1-26-14-6-4-13(5-7-14)15-10-16(22-21-15)19(25)23-20-11-12-3-8-17(24)18(9-12)27-2/h3-11,24H,1-2H3,(H,21,22)(H,23,25)/b20-11-. The SMILES string of the molecule is COc1ccc(-c2cc(C(=O)N/N=C\c3ccc(O)c(OC)c3)[nH]n2)cc1. The summed E-state index contributed by atoms with van der Waals surface area (Å²) in [6.07, 6.45) is 1.45. The van der Waals surface area contributed by atoms with E-state index in [2.05, 4.69) is 20.7 Å². The van der Waals surface area contributed by atoms with Gasteiger partial charge in [0.25, 0.3) is 5.91 Å². The number of aromatic nitrogens is 2. The van der Waals surface area contributed by atoms with E-state index in [0.717, 1.165) is 11.3 Å². The van der Waals surface area contributed by atoms with Crippen LogP contribution in [0.5, 0.6) is 17.2 Å². The molecule has 0 radical (unpaired) electrons. The predicted octanol–water partition coefficient (Wildman–Crippen LogP) is 2.56. The molecule has 3 rings (SSSR count). The number of benzene rings is 2. The topological polar surface area (TPSA) is 109 Å². The number of carbonyl (C=O) groups excluding carboxylic acids is 1. The number of ether oxygens (including phenoxy) is 2. The van der Waals surface area contributed by atoms with Crippen LogP contribution in [0, 0.1) is 0 Å². The number of aromatic amines is 1. The van der Waals surface area contributed by atoms with E-state index in [0.29, 0.717) is 17.0 Å². The van der Waals surface area contributed by atoms with Gasteiger partial charge in [0.15, 0.2) is 11.5 Å². The zero-order valence-electron chi connectivity index (χ0n) is 14.8. The van der Waals surface area contributed by atoms with E-state index in [1.165, 1.54) is 19.4 Å². The Morgan fingerprint density at radius 2 is 1.93 bits per heavy atom. The Morgan fingerprint density at radius 3 is 2.63 bits per heavy atom. The highest BCUT2D eigenvalue weighted by Crippen LogP contribution is 2.25. The Bertz CT molecular complexity index is 964. The molecule has 8 nitrogen and oxygen atoms in total. The summed E-state index contributed by atoms with van der Waals surface area (Å²) in [7, 11) is 3.05. The number of H-pyrrole nitrogens is 1. The minimum Gasteiger partial charge on any atom is -0.504 e. The maximum absolute atomic E-state index is 12.2. The summed E-state index contributed by atoms with van der Waals surface area (Å²) < 4.78 is 10.1. The van der Waals surface area contributed by atoms with E-state index in [9.17, 15) is 9.90 Å². The Labute approximate surface area is 155 Å². The summed E-state index contributed by atoms with van der Waals surface area (Å²) >= 11 is 0. The highest BCUT2D eigenvalue weighted by molar-refractivity contribution is 5.94. The maximum atomic E-state index is 12.2. The van der Waals surface area contributed by atoms with Crippen LogP contribution in [-0.2, 0) is 0 Å². The lowest BCUT2D eigenvalue weighted by Gasteiger charge is -2.03. The molecule has 0 aliphatic heterocycles. The number of aromatic hydroxyl groups is 1. The van der Waals surface area contributed by atoms with E-state index < -0.39 is 5.91 Å². The number of hydrogen-bond acceptors (Lipinski definition) is 6. The first-order valence-electron chi connectivity index (χ1n) is 8.01. The van der Waals surface area contributed by atoms with Gasteiger partial charge in [-0.15, -0.1) is 0 Å². The van der Waals surface area contributed by atoms with Crippen LogP contribution in [0.4, 0.5) is 0 Å². The number of hydrazone groups is 1. The van der Waals surface area contributed by atoms with Crippen LogP contribution < -0.4 is 14.9 Å². The van der Waals surface area contributed by atoms with Gasteiger partial charge in [-0.2, -0.15) is 10.2 Å². The van der Waals surface area contributed by atoms with Gasteiger partial charge >= 0.3 is 0 Å². The van der Waals surface area contributed by atoms with E-state index >= 15 is 0 Å². The molecule has 2 aromatic carbocycles. The third-order valence-corrected chi connectivity index (χ3v) is 3.79. The van der Waals surface area contributed by atoms with Crippen LogP contribution in [-0.4, -0.2) is 41.6 Å². The van der Waals surface area contributed by atoms with Gasteiger partial charge < -0.3 is 14.6 Å². The van der Waals surface area contributed by atoms with Gasteiger partial charge in [-0.25, -0.2) is 5.43 Å². The minimum absolute atomic E-state index is 0.0298. The van der Waals surface area contributed by atoms with Gasteiger partial charge in [0.05, 0.1) is 26.1 Å². The summed E-state index contributed by atoms with van der Waals surface area (Å²) in [6.45, 7) is 0. The monoisotopic (exact) mass is 366 g/mol. The van der Waals surface area contributed by atoms with Crippen molar-refractivity contribution in [2.45, 2.75) is 0 Å². The number of carbonyl (C=O) groups is 1. The molecular formula is C19H18N4O4. The number of methoxy groups -OCH3 is 2. The quantitative estimate of drug-likeness (QED) is 0.459. The van der Waals surface area contributed by atoms with Crippen molar-refractivity contribution in [2.24, 2.45) is 5.10 Å². The molecule has 1 heterocycles. The molecule has 138 valence electrons. The summed E-state index contributed by atoms with van der Waals surface area (Å²) in [4.78, 5) is 12.2. The third-order valence-electron chi connectivity index (χ3n) is 3.79. The van der Waals surface area contributed by atoms with Crippen LogP contribution in [0.25, 0.3) is 11.3 Å². The molecule has 27 heavy (non-hydrogen) atoms. The van der Waals surface area contributed by atoms with Crippen molar-refractivity contribution in [3.05, 3.63) is 59.8 Å². The first-order valence-corrected chi connectivity index (χ1v) is 8.01. The lowest BCUT2D eigenvalue weighted by atomic mass is 10.1. The Hall–Kier alpha value is -3.81. The average molecular weight is 366 g/mol. The Kier molecular flexibility index (Phi) is 5.36. The third kappa shape index (κ3) is 4.24. The molecule has 0 bridgehead atoms. The largest absolute Gasteiger partial charge is 0.504 e. The lowest BCUT2D eigenvalue weighted by Crippen LogP contribution is -2.18. The first-order chi connectivity index (χ1) is 13.1. The average Bonchev–Trinajstić information content (AvgIpc) is 3.19. The fourth-order valence-electron chi connectivity index (χ4n) is 2.35. The Morgan fingerprint density at radius 1 is 1.15 bits per heavy atom. The summed E-state index contributed by atoms with van der Waals surface area (Å²) in [5, 5.41) is 20.3. The maximum Gasteiger partial charge on any atom is 0.289 e. The van der Waals surface area contributed by atoms with E-state index in [-0.39, 0.29) is 11.4 Å². The molecule has 3 N–H and O–H groups in total. The van der Waals surface area contributed by atoms with Gasteiger partial charge in [0.1, 0.15) is 11.4 Å². The van der Waals surface area contributed by atoms with Crippen LogP contribution in [0.2, 0.25) is 0 Å². The highest BCUT2D eigenvalue weighted by atomic mass is 16.5. The fraction of sp³-hybridized carbons (Fsp3) is 0.105. The van der Waals surface area contributed by atoms with Crippen molar-refractivity contribution in [2.75, 3.05) is 14.2 Å². The zero-order valence-corrected chi connectivity index (χ0v) is 14.8. The van der Waals surface area contributed by atoms with Crippen molar-refractivity contribution < 1.29 is 19.4 Å². The van der Waals surface area contributed by atoms with Crippen molar-refractivity contribution >= 4 is 12.1 Å². The van der Waals surface area contributed by atoms with Crippen LogP contribution in [0.1, 0.15) is 16.1 Å². The zero-order chi connectivity index (χ0) is 19.2. The van der Waals surface area contributed by atoms with Gasteiger partial charge in [0, 0.05) is 5.56 Å². The van der Waals surface area contributed by atoms with Gasteiger partial charge in [-0.1, -0.05) is 0 Å². The van der Waals surface area contributed by atoms with Crippen molar-refractivity contribution in [3.8, 4) is 28.5 Å². The number of phenolic OH excluding ortho intramolecular Hbond substituents is 1. The van der Waals surface area contributed by atoms with Crippen molar-refractivity contribution in [1.82, 2.24) is 15.6 Å². The molecule has 0 aliphatic rings. The molecule has 0 saturated heterocycles. The highest BCUT2D eigenvalue weighted by Gasteiger charge is 2.10. The number of nitrogens with one attached hydrogen (secondary N) is 2. The van der Waals surface area contributed by atoms with Crippen LogP contribution in [0.15, 0.2) is 53.6 Å². The van der Waals surface area contributed by atoms with Gasteiger partial charge in [0.2, 0.25) is 0 Å². The fourth-order valence-corrected chi connectivity index (χ4v) is 2.35.